The summed E-state index contributed by atoms with van der Waals surface area (Å²) in [6.45, 7) is 1.86. The topological polar surface area (TPSA) is 70.2 Å². The number of hydrogen-bond acceptors (Lipinski definition) is 5. The second-order valence-corrected chi connectivity index (χ2v) is 4.52. The van der Waals surface area contributed by atoms with Crippen LogP contribution in [0.2, 0.25) is 0 Å². The van der Waals surface area contributed by atoms with Gasteiger partial charge >= 0.3 is 5.97 Å². The fourth-order valence-electron chi connectivity index (χ4n) is 1.85. The van der Waals surface area contributed by atoms with Gasteiger partial charge in [-0.1, -0.05) is 23.4 Å². The van der Waals surface area contributed by atoms with Crippen molar-refractivity contribution in [1.82, 2.24) is 14.9 Å². The lowest BCUT2D eigenvalue weighted by molar-refractivity contribution is 0.0437. The summed E-state index contributed by atoms with van der Waals surface area (Å²) in [4.78, 5) is 11.9. The maximum atomic E-state index is 11.9. The first-order valence-electron chi connectivity index (χ1n) is 6.42. The molecule has 3 rings (SSSR count). The minimum Gasteiger partial charge on any atom is -0.454 e. The van der Waals surface area contributed by atoms with Gasteiger partial charge in [-0.25, -0.2) is 9.48 Å². The van der Waals surface area contributed by atoms with Crippen molar-refractivity contribution >= 4 is 5.97 Å². The number of ether oxygens (including phenoxy) is 1. The predicted octanol–water partition coefficient (Wildman–Crippen LogP) is 2.53. The third kappa shape index (κ3) is 3.00. The molecule has 0 atom stereocenters. The van der Waals surface area contributed by atoms with Crippen molar-refractivity contribution in [2.45, 2.75) is 13.5 Å². The number of carbonyl (C=O) groups is 1. The van der Waals surface area contributed by atoms with Gasteiger partial charge in [-0.05, 0) is 19.1 Å². The zero-order valence-electron chi connectivity index (χ0n) is 11.4. The molecule has 2 aromatic heterocycles. The molecule has 0 aliphatic rings. The van der Waals surface area contributed by atoms with Crippen LogP contribution in [0.25, 0.3) is 5.69 Å². The molecule has 0 N–H and O–H groups in total. The molecular formula is C15H13N3O3. The SMILES string of the molecule is Cc1cc(COC(=O)c2cnn(-c3ccccc3)c2)on1. The summed E-state index contributed by atoms with van der Waals surface area (Å²) in [6, 6.07) is 11.3. The molecule has 0 fully saturated rings. The summed E-state index contributed by atoms with van der Waals surface area (Å²) < 4.78 is 11.7. The Kier molecular flexibility index (Phi) is 3.51. The molecule has 3 aromatic rings. The Balaban J connectivity index is 1.67. The van der Waals surface area contributed by atoms with Crippen LogP contribution in [-0.2, 0) is 11.3 Å². The van der Waals surface area contributed by atoms with Crippen molar-refractivity contribution < 1.29 is 14.1 Å². The average Bonchev–Trinajstić information content (AvgIpc) is 3.15. The summed E-state index contributed by atoms with van der Waals surface area (Å²) in [5, 5.41) is 7.88. The van der Waals surface area contributed by atoms with Gasteiger partial charge in [0.2, 0.25) is 0 Å². The third-order valence-electron chi connectivity index (χ3n) is 2.86. The van der Waals surface area contributed by atoms with E-state index in [-0.39, 0.29) is 6.61 Å². The number of para-hydroxylation sites is 1. The van der Waals surface area contributed by atoms with Crippen LogP contribution >= 0.6 is 0 Å². The highest BCUT2D eigenvalue weighted by Gasteiger charge is 2.12. The molecule has 0 radical (unpaired) electrons. The summed E-state index contributed by atoms with van der Waals surface area (Å²) in [6.07, 6.45) is 3.10. The number of aryl methyl sites for hydroxylation is 1. The highest BCUT2D eigenvalue weighted by atomic mass is 16.5. The number of nitrogens with zero attached hydrogens (tertiary/aromatic N) is 3. The molecule has 21 heavy (non-hydrogen) atoms. The fraction of sp³-hybridized carbons (Fsp3) is 0.133. The Bertz CT molecular complexity index is 746. The largest absolute Gasteiger partial charge is 0.454 e. The minimum atomic E-state index is -0.453. The third-order valence-corrected chi connectivity index (χ3v) is 2.86. The van der Waals surface area contributed by atoms with Crippen LogP contribution in [0.15, 0.2) is 53.3 Å². The zero-order chi connectivity index (χ0) is 14.7. The first kappa shape index (κ1) is 13.1. The van der Waals surface area contributed by atoms with Crippen LogP contribution in [0.1, 0.15) is 21.8 Å². The van der Waals surface area contributed by atoms with E-state index >= 15 is 0 Å². The molecule has 0 unspecified atom stereocenters. The van der Waals surface area contributed by atoms with Gasteiger partial charge in [-0.15, -0.1) is 0 Å². The van der Waals surface area contributed by atoms with E-state index in [1.807, 2.05) is 30.3 Å². The van der Waals surface area contributed by atoms with E-state index in [1.165, 1.54) is 6.20 Å². The average molecular weight is 283 g/mol. The predicted molar refractivity (Wildman–Crippen MR) is 73.9 cm³/mol. The Hall–Kier alpha value is -2.89. The van der Waals surface area contributed by atoms with E-state index in [0.717, 1.165) is 11.4 Å². The number of rotatable bonds is 4. The molecule has 106 valence electrons. The Morgan fingerprint density at radius 1 is 1.33 bits per heavy atom. The normalized spacial score (nSPS) is 10.5. The van der Waals surface area contributed by atoms with Crippen molar-refractivity contribution in [3.63, 3.8) is 0 Å². The van der Waals surface area contributed by atoms with E-state index in [0.29, 0.717) is 11.3 Å². The number of esters is 1. The van der Waals surface area contributed by atoms with Crippen LogP contribution < -0.4 is 0 Å². The highest BCUT2D eigenvalue weighted by molar-refractivity contribution is 5.88. The smallest absolute Gasteiger partial charge is 0.341 e. The van der Waals surface area contributed by atoms with Gasteiger partial charge < -0.3 is 9.26 Å². The Morgan fingerprint density at radius 3 is 2.86 bits per heavy atom. The molecule has 0 amide bonds. The first-order chi connectivity index (χ1) is 10.2. The zero-order valence-corrected chi connectivity index (χ0v) is 11.4. The lowest BCUT2D eigenvalue weighted by Crippen LogP contribution is -2.03. The monoisotopic (exact) mass is 283 g/mol. The molecule has 0 spiro atoms. The molecular weight excluding hydrogens is 270 g/mol. The number of hydrogen-bond donors (Lipinski definition) is 0. The highest BCUT2D eigenvalue weighted by Crippen LogP contribution is 2.10. The van der Waals surface area contributed by atoms with E-state index in [4.69, 9.17) is 9.26 Å². The maximum Gasteiger partial charge on any atom is 0.341 e. The first-order valence-corrected chi connectivity index (χ1v) is 6.42. The van der Waals surface area contributed by atoms with Crippen LogP contribution in [0.5, 0.6) is 0 Å². The van der Waals surface area contributed by atoms with Crippen LogP contribution in [0, 0.1) is 6.92 Å². The van der Waals surface area contributed by atoms with Gasteiger partial charge in [0, 0.05) is 12.3 Å². The van der Waals surface area contributed by atoms with Crippen LogP contribution in [0.4, 0.5) is 0 Å². The molecule has 1 aromatic carbocycles. The standard InChI is InChI=1S/C15H13N3O3/c1-11-7-14(21-17-11)10-20-15(19)12-8-16-18(9-12)13-5-3-2-4-6-13/h2-9H,10H2,1H3. The minimum absolute atomic E-state index is 0.0518. The Morgan fingerprint density at radius 2 is 2.14 bits per heavy atom. The molecule has 0 bridgehead atoms. The van der Waals surface area contributed by atoms with Crippen molar-refractivity contribution in [3.05, 3.63) is 65.8 Å². The second-order valence-electron chi connectivity index (χ2n) is 4.52. The second kappa shape index (κ2) is 5.62. The summed E-state index contributed by atoms with van der Waals surface area (Å²) in [5.74, 6) is 0.0579. The molecule has 0 aliphatic heterocycles. The fourth-order valence-corrected chi connectivity index (χ4v) is 1.85. The molecule has 0 aliphatic carbocycles. The Labute approximate surface area is 120 Å². The lowest BCUT2D eigenvalue weighted by atomic mass is 10.3. The molecule has 2 heterocycles. The number of carbonyl (C=O) groups excluding carboxylic acids is 1. The van der Waals surface area contributed by atoms with Gasteiger partial charge in [-0.2, -0.15) is 5.10 Å². The van der Waals surface area contributed by atoms with E-state index in [9.17, 15) is 4.79 Å². The lowest BCUT2D eigenvalue weighted by Gasteiger charge is -2.00. The van der Waals surface area contributed by atoms with E-state index in [1.54, 1.807) is 23.9 Å². The van der Waals surface area contributed by atoms with Gasteiger partial charge in [0.05, 0.1) is 23.1 Å². The maximum absolute atomic E-state index is 11.9. The van der Waals surface area contributed by atoms with Crippen molar-refractivity contribution in [2.24, 2.45) is 0 Å². The summed E-state index contributed by atoms with van der Waals surface area (Å²) in [5.41, 5.74) is 2.01. The molecule has 0 saturated heterocycles. The van der Waals surface area contributed by atoms with Crippen LogP contribution in [0.3, 0.4) is 0 Å². The number of aromatic nitrogens is 3. The molecule has 6 nitrogen and oxygen atoms in total. The van der Waals surface area contributed by atoms with Gasteiger partial charge in [0.25, 0.3) is 0 Å². The summed E-state index contributed by atoms with van der Waals surface area (Å²) in [7, 11) is 0. The van der Waals surface area contributed by atoms with Crippen molar-refractivity contribution in [3.8, 4) is 5.69 Å². The van der Waals surface area contributed by atoms with Gasteiger partial charge in [0.1, 0.15) is 0 Å². The van der Waals surface area contributed by atoms with Gasteiger partial charge in [0.15, 0.2) is 12.4 Å². The molecule has 6 heteroatoms. The molecule has 0 saturated carbocycles. The summed E-state index contributed by atoms with van der Waals surface area (Å²) >= 11 is 0. The van der Waals surface area contributed by atoms with E-state index in [2.05, 4.69) is 10.3 Å². The van der Waals surface area contributed by atoms with Crippen molar-refractivity contribution in [1.29, 1.82) is 0 Å². The quantitative estimate of drug-likeness (QED) is 0.688. The van der Waals surface area contributed by atoms with Crippen molar-refractivity contribution in [2.75, 3.05) is 0 Å². The van der Waals surface area contributed by atoms with Gasteiger partial charge in [-0.3, -0.25) is 0 Å². The van der Waals surface area contributed by atoms with E-state index < -0.39 is 5.97 Å². The number of benzene rings is 1. The van der Waals surface area contributed by atoms with Crippen LogP contribution in [-0.4, -0.2) is 20.9 Å².